The predicted octanol–water partition coefficient (Wildman–Crippen LogP) is 2.80. The summed E-state index contributed by atoms with van der Waals surface area (Å²) in [5.74, 6) is 1.05. The summed E-state index contributed by atoms with van der Waals surface area (Å²) in [6.45, 7) is 3.62. The molecular weight excluding hydrogens is 386 g/mol. The van der Waals surface area contributed by atoms with Gasteiger partial charge in [-0.15, -0.1) is 0 Å². The molecule has 0 aliphatic carbocycles. The van der Waals surface area contributed by atoms with E-state index in [9.17, 15) is 4.79 Å². The molecule has 6 nitrogen and oxygen atoms in total. The van der Waals surface area contributed by atoms with Gasteiger partial charge in [0.05, 0.1) is 45.1 Å². The van der Waals surface area contributed by atoms with Crippen molar-refractivity contribution in [2.75, 3.05) is 46.3 Å². The molecule has 0 unspecified atom stereocenters. The molecule has 1 heterocycles. The molecule has 3 aromatic rings. The van der Waals surface area contributed by atoms with Crippen LogP contribution in [-0.4, -0.2) is 52.3 Å². The molecule has 0 saturated heterocycles. The minimum Gasteiger partial charge on any atom is -0.493 e. The molecule has 0 aliphatic heterocycles. The summed E-state index contributed by atoms with van der Waals surface area (Å²) in [6, 6.07) is 11.4. The van der Waals surface area contributed by atoms with Crippen molar-refractivity contribution in [1.82, 2.24) is 4.98 Å². The summed E-state index contributed by atoms with van der Waals surface area (Å²) < 4.78 is 11.8. The van der Waals surface area contributed by atoms with E-state index < -0.39 is 0 Å². The maximum atomic E-state index is 13.4. The number of quaternary nitrogens is 1. The van der Waals surface area contributed by atoms with Crippen LogP contribution in [0.1, 0.15) is 22.3 Å². The van der Waals surface area contributed by atoms with Crippen molar-refractivity contribution in [3.05, 3.63) is 47.5 Å². The standard InChI is InChI=1S/C22H27N3O3S/c1-15-8-6-9-19-20(15)23-22(29-19)25(13-7-12-24(2)3)21(26)16-10-11-17(27-4)18(14-16)28-5/h6,8-11,14H,7,12-13H2,1-5H3/p+1. The lowest BCUT2D eigenvalue weighted by atomic mass is 10.1. The summed E-state index contributed by atoms with van der Waals surface area (Å²) in [4.78, 5) is 21.4. The zero-order valence-electron chi connectivity index (χ0n) is 17.6. The van der Waals surface area contributed by atoms with Gasteiger partial charge < -0.3 is 14.4 Å². The Morgan fingerprint density at radius 3 is 2.55 bits per heavy atom. The SMILES string of the molecule is COc1ccc(C(=O)N(CCC[NH+](C)C)c2nc3c(C)cccc3s2)cc1OC. The van der Waals surface area contributed by atoms with Crippen molar-refractivity contribution >= 4 is 32.6 Å². The van der Waals surface area contributed by atoms with E-state index in [1.807, 2.05) is 25.1 Å². The molecule has 0 fully saturated rings. The molecule has 0 saturated carbocycles. The number of methoxy groups -OCH3 is 2. The number of para-hydroxylation sites is 1. The number of fused-ring (bicyclic) bond motifs is 1. The number of rotatable bonds is 8. The van der Waals surface area contributed by atoms with E-state index in [0.717, 1.165) is 33.9 Å². The first-order chi connectivity index (χ1) is 13.9. The van der Waals surface area contributed by atoms with Crippen LogP contribution in [0.4, 0.5) is 5.13 Å². The van der Waals surface area contributed by atoms with Crippen molar-refractivity contribution in [1.29, 1.82) is 0 Å². The van der Waals surface area contributed by atoms with Crippen LogP contribution in [0.15, 0.2) is 36.4 Å². The van der Waals surface area contributed by atoms with Crippen molar-refractivity contribution in [2.24, 2.45) is 0 Å². The number of ether oxygens (including phenoxy) is 2. The van der Waals surface area contributed by atoms with E-state index in [1.165, 1.54) is 4.90 Å². The maximum absolute atomic E-state index is 13.4. The Labute approximate surface area is 175 Å². The minimum atomic E-state index is -0.0866. The highest BCUT2D eigenvalue weighted by atomic mass is 32.1. The van der Waals surface area contributed by atoms with Crippen molar-refractivity contribution in [3.63, 3.8) is 0 Å². The van der Waals surface area contributed by atoms with Gasteiger partial charge in [0.2, 0.25) is 0 Å². The number of hydrogen-bond acceptors (Lipinski definition) is 5. The number of aromatic nitrogens is 1. The Kier molecular flexibility index (Phi) is 6.71. The second kappa shape index (κ2) is 9.24. The average Bonchev–Trinajstić information content (AvgIpc) is 3.15. The van der Waals surface area contributed by atoms with E-state index in [-0.39, 0.29) is 5.91 Å². The lowest BCUT2D eigenvalue weighted by Crippen LogP contribution is -3.05. The van der Waals surface area contributed by atoms with Crippen molar-refractivity contribution < 1.29 is 19.2 Å². The van der Waals surface area contributed by atoms with Gasteiger partial charge in [-0.05, 0) is 36.8 Å². The third-order valence-corrected chi connectivity index (χ3v) is 5.82. The number of thiazole rings is 1. The molecule has 7 heteroatoms. The largest absolute Gasteiger partial charge is 0.493 e. The molecule has 3 rings (SSSR count). The van der Waals surface area contributed by atoms with Crippen LogP contribution in [0.5, 0.6) is 11.5 Å². The van der Waals surface area contributed by atoms with E-state index >= 15 is 0 Å². The van der Waals surface area contributed by atoms with Gasteiger partial charge in [-0.2, -0.15) is 0 Å². The molecule has 1 aromatic heterocycles. The highest BCUT2D eigenvalue weighted by molar-refractivity contribution is 7.22. The molecule has 154 valence electrons. The van der Waals surface area contributed by atoms with Crippen LogP contribution in [0.25, 0.3) is 10.2 Å². The molecule has 0 bridgehead atoms. The second-order valence-electron chi connectivity index (χ2n) is 7.26. The molecule has 0 spiro atoms. The van der Waals surface area contributed by atoms with E-state index in [0.29, 0.717) is 23.6 Å². The normalized spacial score (nSPS) is 11.1. The third-order valence-electron chi connectivity index (χ3n) is 4.77. The lowest BCUT2D eigenvalue weighted by molar-refractivity contribution is -0.858. The zero-order valence-corrected chi connectivity index (χ0v) is 18.4. The van der Waals surface area contributed by atoms with Gasteiger partial charge in [-0.3, -0.25) is 9.69 Å². The first-order valence-corrected chi connectivity index (χ1v) is 10.4. The fourth-order valence-corrected chi connectivity index (χ4v) is 4.26. The quantitative estimate of drug-likeness (QED) is 0.616. The van der Waals surface area contributed by atoms with Crippen LogP contribution in [0.3, 0.4) is 0 Å². The number of carbonyl (C=O) groups excluding carboxylic acids is 1. The van der Waals surface area contributed by atoms with E-state index in [2.05, 4.69) is 14.1 Å². The fourth-order valence-electron chi connectivity index (χ4n) is 3.19. The molecular formula is C22H28N3O3S+. The fraction of sp³-hybridized carbons (Fsp3) is 0.364. The molecule has 1 N–H and O–H groups in total. The zero-order chi connectivity index (χ0) is 21.0. The van der Waals surface area contributed by atoms with E-state index in [4.69, 9.17) is 14.5 Å². The average molecular weight is 415 g/mol. The Hall–Kier alpha value is -2.64. The molecule has 0 aliphatic rings. The number of hydrogen-bond donors (Lipinski definition) is 1. The summed E-state index contributed by atoms with van der Waals surface area (Å²) >= 11 is 1.55. The Balaban J connectivity index is 1.97. The Bertz CT molecular complexity index is 1000. The van der Waals surface area contributed by atoms with Gasteiger partial charge in [0.15, 0.2) is 16.6 Å². The number of anilines is 1. The van der Waals surface area contributed by atoms with Crippen LogP contribution < -0.4 is 19.3 Å². The number of carbonyl (C=O) groups is 1. The molecule has 0 atom stereocenters. The van der Waals surface area contributed by atoms with Gasteiger partial charge in [0.25, 0.3) is 5.91 Å². The van der Waals surface area contributed by atoms with Crippen LogP contribution in [-0.2, 0) is 0 Å². The summed E-state index contributed by atoms with van der Waals surface area (Å²) in [6.07, 6.45) is 0.885. The highest BCUT2D eigenvalue weighted by Gasteiger charge is 2.23. The number of nitrogens with one attached hydrogen (secondary N) is 1. The van der Waals surface area contributed by atoms with E-state index in [1.54, 1.807) is 48.7 Å². The van der Waals surface area contributed by atoms with Crippen LogP contribution in [0.2, 0.25) is 0 Å². The van der Waals surface area contributed by atoms with Gasteiger partial charge in [0.1, 0.15) is 0 Å². The van der Waals surface area contributed by atoms with Crippen molar-refractivity contribution in [3.8, 4) is 11.5 Å². The number of aryl methyl sites for hydroxylation is 1. The summed E-state index contributed by atoms with van der Waals surface area (Å²) in [5, 5.41) is 0.725. The number of nitrogens with zero attached hydrogens (tertiary/aromatic N) is 2. The molecule has 29 heavy (non-hydrogen) atoms. The third kappa shape index (κ3) is 4.68. The Morgan fingerprint density at radius 1 is 1.14 bits per heavy atom. The van der Waals surface area contributed by atoms with Crippen molar-refractivity contribution in [2.45, 2.75) is 13.3 Å². The van der Waals surface area contributed by atoms with Gasteiger partial charge in [-0.25, -0.2) is 4.98 Å². The van der Waals surface area contributed by atoms with Crippen LogP contribution in [0, 0.1) is 6.92 Å². The topological polar surface area (TPSA) is 56.1 Å². The van der Waals surface area contributed by atoms with Crippen LogP contribution >= 0.6 is 11.3 Å². The minimum absolute atomic E-state index is 0.0866. The monoisotopic (exact) mass is 414 g/mol. The smallest absolute Gasteiger partial charge is 0.260 e. The number of benzene rings is 2. The predicted molar refractivity (Wildman–Crippen MR) is 118 cm³/mol. The van der Waals surface area contributed by atoms with Gasteiger partial charge >= 0.3 is 0 Å². The lowest BCUT2D eigenvalue weighted by Gasteiger charge is -2.21. The summed E-state index contributed by atoms with van der Waals surface area (Å²) in [7, 11) is 7.38. The first-order valence-electron chi connectivity index (χ1n) is 9.63. The second-order valence-corrected chi connectivity index (χ2v) is 8.26. The Morgan fingerprint density at radius 2 is 1.90 bits per heavy atom. The highest BCUT2D eigenvalue weighted by Crippen LogP contribution is 2.33. The molecule has 0 radical (unpaired) electrons. The summed E-state index contributed by atoms with van der Waals surface area (Å²) in [5.41, 5.74) is 2.62. The van der Waals surface area contributed by atoms with Gasteiger partial charge in [0, 0.05) is 18.5 Å². The first kappa shape index (κ1) is 21.1. The maximum Gasteiger partial charge on any atom is 0.260 e. The van der Waals surface area contributed by atoms with Gasteiger partial charge in [-0.1, -0.05) is 23.5 Å². The molecule has 1 amide bonds. The molecule has 2 aromatic carbocycles. The number of amides is 1.